The minimum absolute atomic E-state index is 0.620. The van der Waals surface area contributed by atoms with Crippen molar-refractivity contribution in [1.29, 1.82) is 0 Å². The molecular formula is C10H13NO2. The SMILES string of the molecule is Cc1cccc(C)c1C(O)C(N)=O. The summed E-state index contributed by atoms with van der Waals surface area (Å²) in [6.45, 7) is 3.68. The molecular weight excluding hydrogens is 166 g/mol. The molecule has 0 saturated carbocycles. The fraction of sp³-hybridized carbons (Fsp3) is 0.300. The van der Waals surface area contributed by atoms with E-state index in [1.165, 1.54) is 0 Å². The molecule has 1 rings (SSSR count). The van der Waals surface area contributed by atoms with Crippen LogP contribution in [0.4, 0.5) is 0 Å². The van der Waals surface area contributed by atoms with Crippen molar-refractivity contribution in [2.45, 2.75) is 20.0 Å². The van der Waals surface area contributed by atoms with Crippen LogP contribution in [0.1, 0.15) is 22.8 Å². The van der Waals surface area contributed by atoms with Crippen LogP contribution in [0.2, 0.25) is 0 Å². The van der Waals surface area contributed by atoms with E-state index in [2.05, 4.69) is 0 Å². The Morgan fingerprint density at radius 3 is 2.23 bits per heavy atom. The quantitative estimate of drug-likeness (QED) is 0.706. The molecule has 0 aliphatic heterocycles. The van der Waals surface area contributed by atoms with E-state index in [0.29, 0.717) is 5.56 Å². The molecule has 3 nitrogen and oxygen atoms in total. The first-order valence-corrected chi connectivity index (χ1v) is 4.07. The molecule has 13 heavy (non-hydrogen) atoms. The topological polar surface area (TPSA) is 63.3 Å². The molecule has 1 atom stereocenters. The number of hydrogen-bond donors (Lipinski definition) is 2. The van der Waals surface area contributed by atoms with Crippen molar-refractivity contribution in [2.75, 3.05) is 0 Å². The number of hydrogen-bond acceptors (Lipinski definition) is 2. The van der Waals surface area contributed by atoms with Gasteiger partial charge in [-0.15, -0.1) is 0 Å². The van der Waals surface area contributed by atoms with Gasteiger partial charge in [-0.25, -0.2) is 0 Å². The molecule has 0 saturated heterocycles. The first-order valence-electron chi connectivity index (χ1n) is 4.07. The molecule has 1 unspecified atom stereocenters. The fourth-order valence-electron chi connectivity index (χ4n) is 1.40. The van der Waals surface area contributed by atoms with Crippen molar-refractivity contribution in [3.63, 3.8) is 0 Å². The fourth-order valence-corrected chi connectivity index (χ4v) is 1.40. The Kier molecular flexibility index (Phi) is 2.68. The number of rotatable bonds is 2. The lowest BCUT2D eigenvalue weighted by Crippen LogP contribution is -2.22. The molecule has 1 aromatic carbocycles. The molecule has 1 amide bonds. The Morgan fingerprint density at radius 1 is 1.38 bits per heavy atom. The second kappa shape index (κ2) is 3.58. The zero-order valence-corrected chi connectivity index (χ0v) is 7.74. The monoisotopic (exact) mass is 179 g/mol. The molecule has 70 valence electrons. The van der Waals surface area contributed by atoms with Gasteiger partial charge in [0, 0.05) is 0 Å². The number of aryl methyl sites for hydroxylation is 2. The summed E-state index contributed by atoms with van der Waals surface area (Å²) in [7, 11) is 0. The van der Waals surface area contributed by atoms with Gasteiger partial charge >= 0.3 is 0 Å². The number of amides is 1. The lowest BCUT2D eigenvalue weighted by Gasteiger charge is -2.12. The Balaban J connectivity index is 3.20. The normalized spacial score (nSPS) is 12.5. The summed E-state index contributed by atoms with van der Waals surface area (Å²) in [5, 5.41) is 9.48. The van der Waals surface area contributed by atoms with Gasteiger partial charge in [0.2, 0.25) is 0 Å². The molecule has 0 radical (unpaired) electrons. The molecule has 0 aliphatic carbocycles. The number of aliphatic hydroxyl groups is 1. The van der Waals surface area contributed by atoms with Crippen molar-refractivity contribution in [1.82, 2.24) is 0 Å². The first-order chi connectivity index (χ1) is 6.04. The molecule has 0 aromatic heterocycles. The molecule has 1 aromatic rings. The van der Waals surface area contributed by atoms with Crippen LogP contribution in [0.25, 0.3) is 0 Å². The molecule has 0 bridgehead atoms. The van der Waals surface area contributed by atoms with Gasteiger partial charge in [-0.1, -0.05) is 18.2 Å². The lowest BCUT2D eigenvalue weighted by atomic mass is 9.98. The van der Waals surface area contributed by atoms with E-state index in [1.807, 2.05) is 32.0 Å². The second-order valence-electron chi connectivity index (χ2n) is 3.11. The summed E-state index contributed by atoms with van der Waals surface area (Å²) >= 11 is 0. The van der Waals surface area contributed by atoms with Gasteiger partial charge in [0.15, 0.2) is 6.10 Å². The number of nitrogens with two attached hydrogens (primary N) is 1. The van der Waals surface area contributed by atoms with Crippen LogP contribution >= 0.6 is 0 Å². The maximum absolute atomic E-state index is 10.8. The minimum atomic E-state index is -1.19. The standard InChI is InChI=1S/C10H13NO2/c1-6-4-3-5-7(2)8(6)9(12)10(11)13/h3-5,9,12H,1-2H3,(H2,11,13). The van der Waals surface area contributed by atoms with Gasteiger partial charge < -0.3 is 10.8 Å². The lowest BCUT2D eigenvalue weighted by molar-refractivity contribution is -0.126. The van der Waals surface area contributed by atoms with Gasteiger partial charge in [-0.05, 0) is 30.5 Å². The van der Waals surface area contributed by atoms with Gasteiger partial charge in [0.05, 0.1) is 0 Å². The molecule has 0 heterocycles. The van der Waals surface area contributed by atoms with Crippen LogP contribution in [-0.4, -0.2) is 11.0 Å². The van der Waals surface area contributed by atoms with E-state index in [0.717, 1.165) is 11.1 Å². The maximum atomic E-state index is 10.8. The van der Waals surface area contributed by atoms with Gasteiger partial charge in [0.1, 0.15) is 0 Å². The van der Waals surface area contributed by atoms with Crippen molar-refractivity contribution in [2.24, 2.45) is 5.73 Å². The van der Waals surface area contributed by atoms with Gasteiger partial charge in [0.25, 0.3) is 5.91 Å². The summed E-state index contributed by atoms with van der Waals surface area (Å²) in [5.74, 6) is -0.711. The van der Waals surface area contributed by atoms with E-state index in [9.17, 15) is 9.90 Å². The van der Waals surface area contributed by atoms with Crippen molar-refractivity contribution >= 4 is 5.91 Å². The van der Waals surface area contributed by atoms with E-state index in [-0.39, 0.29) is 0 Å². The number of aliphatic hydroxyl groups excluding tert-OH is 1. The van der Waals surface area contributed by atoms with Crippen LogP contribution in [-0.2, 0) is 4.79 Å². The molecule has 0 aliphatic rings. The van der Waals surface area contributed by atoms with Gasteiger partial charge in [-0.2, -0.15) is 0 Å². The highest BCUT2D eigenvalue weighted by molar-refractivity contribution is 5.80. The third-order valence-electron chi connectivity index (χ3n) is 2.09. The first kappa shape index (κ1) is 9.74. The largest absolute Gasteiger partial charge is 0.378 e. The molecule has 0 spiro atoms. The van der Waals surface area contributed by atoms with Gasteiger partial charge in [-0.3, -0.25) is 4.79 Å². The van der Waals surface area contributed by atoms with E-state index >= 15 is 0 Å². The number of carbonyl (C=O) groups is 1. The van der Waals surface area contributed by atoms with E-state index in [1.54, 1.807) is 0 Å². The Labute approximate surface area is 77.2 Å². The molecule has 3 heteroatoms. The maximum Gasteiger partial charge on any atom is 0.250 e. The van der Waals surface area contributed by atoms with Crippen LogP contribution < -0.4 is 5.73 Å². The summed E-state index contributed by atoms with van der Waals surface area (Å²) in [6, 6.07) is 5.56. The predicted molar refractivity (Wildman–Crippen MR) is 50.1 cm³/mol. The minimum Gasteiger partial charge on any atom is -0.378 e. The summed E-state index contributed by atoms with van der Waals surface area (Å²) < 4.78 is 0. The van der Waals surface area contributed by atoms with Crippen LogP contribution in [0, 0.1) is 13.8 Å². The summed E-state index contributed by atoms with van der Waals surface area (Å²) in [6.07, 6.45) is -1.19. The third-order valence-corrected chi connectivity index (χ3v) is 2.09. The van der Waals surface area contributed by atoms with Crippen molar-refractivity contribution in [3.05, 3.63) is 34.9 Å². The number of benzene rings is 1. The second-order valence-corrected chi connectivity index (χ2v) is 3.11. The Bertz CT molecular complexity index is 313. The van der Waals surface area contributed by atoms with Crippen molar-refractivity contribution < 1.29 is 9.90 Å². The smallest absolute Gasteiger partial charge is 0.250 e. The average molecular weight is 179 g/mol. The predicted octanol–water partition coefficient (Wildman–Crippen LogP) is 0.822. The molecule has 0 fully saturated rings. The zero-order valence-electron chi connectivity index (χ0n) is 7.74. The van der Waals surface area contributed by atoms with Crippen LogP contribution in [0.15, 0.2) is 18.2 Å². The highest BCUT2D eigenvalue weighted by atomic mass is 16.3. The van der Waals surface area contributed by atoms with Crippen LogP contribution in [0.3, 0.4) is 0 Å². The van der Waals surface area contributed by atoms with E-state index in [4.69, 9.17) is 5.73 Å². The van der Waals surface area contributed by atoms with Crippen LogP contribution in [0.5, 0.6) is 0 Å². The highest BCUT2D eigenvalue weighted by Gasteiger charge is 2.17. The third kappa shape index (κ3) is 1.87. The number of primary amides is 1. The summed E-state index contributed by atoms with van der Waals surface area (Å²) in [5.41, 5.74) is 7.40. The molecule has 3 N–H and O–H groups in total. The Morgan fingerprint density at radius 2 is 1.85 bits per heavy atom. The number of carbonyl (C=O) groups excluding carboxylic acids is 1. The van der Waals surface area contributed by atoms with E-state index < -0.39 is 12.0 Å². The average Bonchev–Trinajstić information content (AvgIpc) is 2.03. The Hall–Kier alpha value is -1.35. The highest BCUT2D eigenvalue weighted by Crippen LogP contribution is 2.20. The van der Waals surface area contributed by atoms with Crippen molar-refractivity contribution in [3.8, 4) is 0 Å². The zero-order chi connectivity index (χ0) is 10.0. The summed E-state index contributed by atoms with van der Waals surface area (Å²) in [4.78, 5) is 10.8.